The molecule has 3 heteroatoms. The fourth-order valence-corrected chi connectivity index (χ4v) is 2.40. The molecule has 0 aromatic heterocycles. The Morgan fingerprint density at radius 3 is 2.52 bits per heavy atom. The zero-order valence-electron chi connectivity index (χ0n) is 12.7. The van der Waals surface area contributed by atoms with Gasteiger partial charge in [0.1, 0.15) is 0 Å². The Balaban J connectivity index is 1.90. The van der Waals surface area contributed by atoms with E-state index in [4.69, 9.17) is 5.73 Å². The van der Waals surface area contributed by atoms with Gasteiger partial charge in [-0.3, -0.25) is 4.79 Å². The first-order valence-corrected chi connectivity index (χ1v) is 7.23. The predicted octanol–water partition coefficient (Wildman–Crippen LogP) is 3.28. The molecule has 2 rings (SSSR count). The van der Waals surface area contributed by atoms with Gasteiger partial charge >= 0.3 is 0 Å². The van der Waals surface area contributed by atoms with Gasteiger partial charge in [-0.05, 0) is 49.1 Å². The lowest BCUT2D eigenvalue weighted by Gasteiger charge is -2.18. The van der Waals surface area contributed by atoms with Gasteiger partial charge in [0.15, 0.2) is 0 Å². The lowest BCUT2D eigenvalue weighted by molar-refractivity contribution is 0.0793. The van der Waals surface area contributed by atoms with Crippen LogP contribution in [0.25, 0.3) is 0 Å². The first-order chi connectivity index (χ1) is 10.1. The average molecular weight is 282 g/mol. The second-order valence-electron chi connectivity index (χ2n) is 5.39. The molecular formula is C18H22N2O. The maximum Gasteiger partial charge on any atom is 0.253 e. The number of nitrogens with two attached hydrogens (primary N) is 1. The molecule has 0 heterocycles. The molecular weight excluding hydrogens is 260 g/mol. The molecule has 0 atom stereocenters. The highest BCUT2D eigenvalue weighted by molar-refractivity contribution is 5.95. The van der Waals surface area contributed by atoms with E-state index in [1.54, 1.807) is 17.0 Å². The molecule has 2 aromatic carbocycles. The summed E-state index contributed by atoms with van der Waals surface area (Å²) in [6.07, 6.45) is 1.94. The molecule has 0 aliphatic rings. The Labute approximate surface area is 126 Å². The standard InChI is InChI=1S/C18H22N2O/c1-14-13-16(19)10-11-17(14)18(21)20(2)12-6-9-15-7-4-3-5-8-15/h3-5,7-8,10-11,13H,6,9,12,19H2,1-2H3. The molecule has 0 saturated carbocycles. The highest BCUT2D eigenvalue weighted by Gasteiger charge is 2.13. The molecule has 110 valence electrons. The van der Waals surface area contributed by atoms with Crippen LogP contribution in [0.1, 0.15) is 27.9 Å². The van der Waals surface area contributed by atoms with E-state index in [0.29, 0.717) is 5.69 Å². The number of rotatable bonds is 5. The first kappa shape index (κ1) is 15.1. The summed E-state index contributed by atoms with van der Waals surface area (Å²) in [4.78, 5) is 14.2. The number of benzene rings is 2. The molecule has 0 saturated heterocycles. The van der Waals surface area contributed by atoms with Gasteiger partial charge < -0.3 is 10.6 Å². The minimum atomic E-state index is 0.0561. The van der Waals surface area contributed by atoms with Crippen LogP contribution >= 0.6 is 0 Å². The molecule has 0 radical (unpaired) electrons. The number of carbonyl (C=O) groups is 1. The molecule has 2 aromatic rings. The highest BCUT2D eigenvalue weighted by atomic mass is 16.2. The fourth-order valence-electron chi connectivity index (χ4n) is 2.40. The summed E-state index contributed by atoms with van der Waals surface area (Å²) in [5.74, 6) is 0.0561. The number of hydrogen-bond donors (Lipinski definition) is 1. The molecule has 3 nitrogen and oxygen atoms in total. The van der Waals surface area contributed by atoms with Gasteiger partial charge in [-0.15, -0.1) is 0 Å². The second kappa shape index (κ2) is 6.93. The first-order valence-electron chi connectivity index (χ1n) is 7.23. The van der Waals surface area contributed by atoms with Crippen LogP contribution in [0, 0.1) is 6.92 Å². The third kappa shape index (κ3) is 4.09. The predicted molar refractivity (Wildman–Crippen MR) is 87.3 cm³/mol. The largest absolute Gasteiger partial charge is 0.399 e. The van der Waals surface area contributed by atoms with Crippen LogP contribution in [-0.4, -0.2) is 24.4 Å². The Morgan fingerprint density at radius 1 is 1.14 bits per heavy atom. The van der Waals surface area contributed by atoms with Crippen LogP contribution in [-0.2, 0) is 6.42 Å². The van der Waals surface area contributed by atoms with Crippen LogP contribution in [0.3, 0.4) is 0 Å². The van der Waals surface area contributed by atoms with E-state index in [9.17, 15) is 4.79 Å². The summed E-state index contributed by atoms with van der Waals surface area (Å²) in [7, 11) is 1.85. The molecule has 1 amide bonds. The van der Waals surface area contributed by atoms with Crippen LogP contribution in [0.5, 0.6) is 0 Å². The van der Waals surface area contributed by atoms with Crippen molar-refractivity contribution in [3.8, 4) is 0 Å². The van der Waals surface area contributed by atoms with Crippen molar-refractivity contribution in [1.82, 2.24) is 4.90 Å². The normalized spacial score (nSPS) is 10.4. The molecule has 0 aliphatic carbocycles. The van der Waals surface area contributed by atoms with E-state index < -0.39 is 0 Å². The summed E-state index contributed by atoms with van der Waals surface area (Å²) in [6.45, 7) is 2.67. The van der Waals surface area contributed by atoms with Crippen LogP contribution in [0.15, 0.2) is 48.5 Å². The summed E-state index contributed by atoms with van der Waals surface area (Å²) in [5.41, 5.74) is 9.38. The number of hydrogen-bond acceptors (Lipinski definition) is 2. The monoisotopic (exact) mass is 282 g/mol. The van der Waals surface area contributed by atoms with Gasteiger partial charge in [0.2, 0.25) is 0 Å². The smallest absolute Gasteiger partial charge is 0.253 e. The number of amides is 1. The maximum absolute atomic E-state index is 12.4. The van der Waals surface area contributed by atoms with E-state index in [2.05, 4.69) is 12.1 Å². The van der Waals surface area contributed by atoms with Crippen LogP contribution in [0.4, 0.5) is 5.69 Å². The summed E-state index contributed by atoms with van der Waals surface area (Å²) in [5, 5.41) is 0. The summed E-state index contributed by atoms with van der Waals surface area (Å²) in [6, 6.07) is 15.8. The third-order valence-corrected chi connectivity index (χ3v) is 3.63. The summed E-state index contributed by atoms with van der Waals surface area (Å²) < 4.78 is 0. The van der Waals surface area contributed by atoms with E-state index >= 15 is 0 Å². The van der Waals surface area contributed by atoms with Crippen molar-refractivity contribution in [1.29, 1.82) is 0 Å². The maximum atomic E-state index is 12.4. The minimum absolute atomic E-state index is 0.0561. The SMILES string of the molecule is Cc1cc(N)ccc1C(=O)N(C)CCCc1ccccc1. The number of anilines is 1. The van der Waals surface area contributed by atoms with E-state index in [0.717, 1.165) is 30.5 Å². The van der Waals surface area contributed by atoms with Gasteiger partial charge in [-0.1, -0.05) is 30.3 Å². The zero-order valence-corrected chi connectivity index (χ0v) is 12.7. The second-order valence-corrected chi connectivity index (χ2v) is 5.39. The van der Waals surface area contributed by atoms with Gasteiger partial charge in [0.25, 0.3) is 5.91 Å². The Hall–Kier alpha value is -2.29. The van der Waals surface area contributed by atoms with Crippen molar-refractivity contribution < 1.29 is 4.79 Å². The van der Waals surface area contributed by atoms with Gasteiger partial charge in [0, 0.05) is 24.8 Å². The van der Waals surface area contributed by atoms with Crippen molar-refractivity contribution >= 4 is 11.6 Å². The van der Waals surface area contributed by atoms with Crippen molar-refractivity contribution in [2.75, 3.05) is 19.3 Å². The van der Waals surface area contributed by atoms with Gasteiger partial charge in [0.05, 0.1) is 0 Å². The third-order valence-electron chi connectivity index (χ3n) is 3.63. The Bertz CT molecular complexity index is 608. The van der Waals surface area contributed by atoms with Gasteiger partial charge in [-0.25, -0.2) is 0 Å². The average Bonchev–Trinajstić information content (AvgIpc) is 2.47. The number of aryl methyl sites for hydroxylation is 2. The molecule has 0 fully saturated rings. The fraction of sp³-hybridized carbons (Fsp3) is 0.278. The van der Waals surface area contributed by atoms with Crippen molar-refractivity contribution in [2.45, 2.75) is 19.8 Å². The lowest BCUT2D eigenvalue weighted by Crippen LogP contribution is -2.28. The molecule has 21 heavy (non-hydrogen) atoms. The van der Waals surface area contributed by atoms with E-state index in [-0.39, 0.29) is 5.91 Å². The van der Waals surface area contributed by atoms with E-state index in [1.165, 1.54) is 5.56 Å². The minimum Gasteiger partial charge on any atom is -0.399 e. The number of carbonyl (C=O) groups excluding carboxylic acids is 1. The molecule has 2 N–H and O–H groups in total. The highest BCUT2D eigenvalue weighted by Crippen LogP contribution is 2.14. The number of nitrogen functional groups attached to an aromatic ring is 1. The molecule has 0 unspecified atom stereocenters. The molecule has 0 bridgehead atoms. The zero-order chi connectivity index (χ0) is 15.2. The topological polar surface area (TPSA) is 46.3 Å². The lowest BCUT2D eigenvalue weighted by atomic mass is 10.1. The van der Waals surface area contributed by atoms with Crippen molar-refractivity contribution in [3.63, 3.8) is 0 Å². The number of nitrogens with zero attached hydrogens (tertiary/aromatic N) is 1. The summed E-state index contributed by atoms with van der Waals surface area (Å²) >= 11 is 0. The quantitative estimate of drug-likeness (QED) is 0.855. The van der Waals surface area contributed by atoms with E-state index in [1.807, 2.05) is 38.2 Å². The van der Waals surface area contributed by atoms with Crippen LogP contribution in [0.2, 0.25) is 0 Å². The van der Waals surface area contributed by atoms with Crippen LogP contribution < -0.4 is 5.73 Å². The molecule has 0 aliphatic heterocycles. The molecule has 0 spiro atoms. The Morgan fingerprint density at radius 2 is 1.86 bits per heavy atom. The van der Waals surface area contributed by atoms with Crippen molar-refractivity contribution in [2.24, 2.45) is 0 Å². The Kier molecular flexibility index (Phi) is 4.99. The van der Waals surface area contributed by atoms with Gasteiger partial charge in [-0.2, -0.15) is 0 Å². The van der Waals surface area contributed by atoms with Crippen molar-refractivity contribution in [3.05, 3.63) is 65.2 Å².